The molecule has 0 spiro atoms. The van der Waals surface area contributed by atoms with Crippen LogP contribution in [0.2, 0.25) is 0 Å². The minimum Gasteiger partial charge on any atom is -0.496 e. The summed E-state index contributed by atoms with van der Waals surface area (Å²) in [6.45, 7) is 0.0641. The molecule has 3 heterocycles. The maximum atomic E-state index is 13.8. The summed E-state index contributed by atoms with van der Waals surface area (Å²) >= 11 is 0. The topological polar surface area (TPSA) is 141 Å². The number of amides is 3. The van der Waals surface area contributed by atoms with Crippen LogP contribution in [0.15, 0.2) is 18.2 Å². The highest BCUT2D eigenvalue weighted by molar-refractivity contribution is 6.02. The summed E-state index contributed by atoms with van der Waals surface area (Å²) in [5.41, 5.74) is -0.832. The smallest absolute Gasteiger partial charge is 0.416 e. The lowest BCUT2D eigenvalue weighted by Crippen LogP contribution is -2.53. The van der Waals surface area contributed by atoms with Gasteiger partial charge in [-0.15, -0.1) is 0 Å². The molecule has 10 nitrogen and oxygen atoms in total. The van der Waals surface area contributed by atoms with Crippen molar-refractivity contribution in [3.05, 3.63) is 29.5 Å². The summed E-state index contributed by atoms with van der Waals surface area (Å²) < 4.78 is 45.4. The van der Waals surface area contributed by atoms with Crippen molar-refractivity contribution in [1.29, 1.82) is 0 Å². The van der Waals surface area contributed by atoms with Crippen LogP contribution in [-0.2, 0) is 20.6 Å². The predicted molar refractivity (Wildman–Crippen MR) is 140 cm³/mol. The number of aromatic nitrogens is 1. The van der Waals surface area contributed by atoms with Crippen LogP contribution < -0.4 is 15.4 Å². The van der Waals surface area contributed by atoms with Crippen LogP contribution in [0, 0.1) is 17.8 Å². The van der Waals surface area contributed by atoms with E-state index in [9.17, 15) is 37.5 Å². The second kappa shape index (κ2) is 11.3. The Labute approximate surface area is 234 Å². The number of aromatic amines is 1. The average molecular weight is 579 g/mol. The van der Waals surface area contributed by atoms with Crippen LogP contribution in [0.3, 0.4) is 0 Å². The molecule has 3 amide bonds. The van der Waals surface area contributed by atoms with Gasteiger partial charge in [0.15, 0.2) is 5.78 Å². The number of fused-ring (bicyclic) bond motifs is 2. The number of halogens is 3. The molecule has 2 aromatic rings. The molecular formula is C28H33F3N4O6. The number of ether oxygens (including phenoxy) is 1. The van der Waals surface area contributed by atoms with Crippen molar-refractivity contribution in [2.75, 3.05) is 26.8 Å². The van der Waals surface area contributed by atoms with Gasteiger partial charge in [0, 0.05) is 24.4 Å². The van der Waals surface area contributed by atoms with Crippen molar-refractivity contribution in [3.63, 3.8) is 0 Å². The lowest BCUT2D eigenvalue weighted by Gasteiger charge is -2.28. The third kappa shape index (κ3) is 5.64. The van der Waals surface area contributed by atoms with E-state index < -0.39 is 48.0 Å². The summed E-state index contributed by atoms with van der Waals surface area (Å²) in [6, 6.07) is 1.29. The normalized spacial score (nSPS) is 24.8. The zero-order valence-corrected chi connectivity index (χ0v) is 22.6. The Kier molecular flexibility index (Phi) is 8.00. The third-order valence-corrected chi connectivity index (χ3v) is 8.73. The van der Waals surface area contributed by atoms with E-state index in [0.717, 1.165) is 25.0 Å². The molecule has 5 rings (SSSR count). The van der Waals surface area contributed by atoms with Crippen LogP contribution in [0.25, 0.3) is 10.9 Å². The quantitative estimate of drug-likeness (QED) is 0.360. The number of hydrogen-bond acceptors (Lipinski definition) is 6. The summed E-state index contributed by atoms with van der Waals surface area (Å²) in [5, 5.41) is 15.3. The van der Waals surface area contributed by atoms with Crippen molar-refractivity contribution in [2.45, 2.75) is 56.8 Å². The number of hydrogen-bond donors (Lipinski definition) is 4. The number of aliphatic hydroxyl groups excluding tert-OH is 1. The molecule has 3 aliphatic rings. The molecule has 2 aliphatic heterocycles. The van der Waals surface area contributed by atoms with Gasteiger partial charge in [0.2, 0.25) is 11.8 Å². The van der Waals surface area contributed by atoms with E-state index in [1.807, 2.05) is 0 Å². The number of rotatable bonds is 9. The first kappa shape index (κ1) is 28.9. The highest BCUT2D eigenvalue weighted by atomic mass is 19.4. The van der Waals surface area contributed by atoms with E-state index in [2.05, 4.69) is 15.6 Å². The van der Waals surface area contributed by atoms with Crippen LogP contribution in [-0.4, -0.2) is 77.4 Å². The number of nitrogens with zero attached hydrogens (tertiary/aromatic N) is 1. The molecule has 0 radical (unpaired) electrons. The summed E-state index contributed by atoms with van der Waals surface area (Å²) in [4.78, 5) is 56.1. The fraction of sp³-hybridized carbons (Fsp3) is 0.571. The summed E-state index contributed by atoms with van der Waals surface area (Å²) in [6.07, 6.45) is -1.04. The van der Waals surface area contributed by atoms with E-state index in [4.69, 9.17) is 4.74 Å². The molecule has 3 fully saturated rings. The number of ketones is 1. The maximum absolute atomic E-state index is 13.8. The Hall–Kier alpha value is -3.61. The third-order valence-electron chi connectivity index (χ3n) is 8.73. The highest BCUT2D eigenvalue weighted by Gasteiger charge is 2.50. The first-order valence-electron chi connectivity index (χ1n) is 13.8. The lowest BCUT2D eigenvalue weighted by atomic mass is 9.92. The van der Waals surface area contributed by atoms with E-state index in [1.54, 1.807) is 0 Å². The van der Waals surface area contributed by atoms with Gasteiger partial charge in [-0.05, 0) is 62.1 Å². The first-order chi connectivity index (χ1) is 19.5. The van der Waals surface area contributed by atoms with Gasteiger partial charge in [-0.2, -0.15) is 13.2 Å². The molecule has 0 unspecified atom stereocenters. The van der Waals surface area contributed by atoms with E-state index in [-0.39, 0.29) is 47.0 Å². The number of carbonyl (C=O) groups is 4. The molecule has 13 heteroatoms. The Morgan fingerprint density at radius 3 is 2.63 bits per heavy atom. The number of methoxy groups -OCH3 is 1. The molecule has 0 bridgehead atoms. The molecule has 2 saturated heterocycles. The van der Waals surface area contributed by atoms with Crippen LogP contribution in [0.5, 0.6) is 5.75 Å². The van der Waals surface area contributed by atoms with Crippen molar-refractivity contribution < 1.29 is 42.2 Å². The fourth-order valence-corrected chi connectivity index (χ4v) is 6.63. The van der Waals surface area contributed by atoms with Gasteiger partial charge < -0.3 is 30.4 Å². The largest absolute Gasteiger partial charge is 0.496 e. The zero-order chi connectivity index (χ0) is 29.5. The van der Waals surface area contributed by atoms with E-state index >= 15 is 0 Å². The maximum Gasteiger partial charge on any atom is 0.416 e. The van der Waals surface area contributed by atoms with Crippen LogP contribution >= 0.6 is 0 Å². The minimum absolute atomic E-state index is 0.0191. The van der Waals surface area contributed by atoms with Crippen molar-refractivity contribution in [3.8, 4) is 5.75 Å². The number of aliphatic hydroxyl groups is 1. The number of alkyl halides is 3. The number of carbonyl (C=O) groups excluding carboxylic acids is 4. The van der Waals surface area contributed by atoms with Crippen LogP contribution in [0.1, 0.15) is 54.6 Å². The molecule has 41 heavy (non-hydrogen) atoms. The molecule has 1 aromatic heterocycles. The van der Waals surface area contributed by atoms with E-state index in [0.29, 0.717) is 37.7 Å². The number of nitrogens with one attached hydrogen (secondary N) is 3. The van der Waals surface area contributed by atoms with Gasteiger partial charge >= 0.3 is 6.18 Å². The molecule has 222 valence electrons. The molecule has 1 aromatic carbocycles. The van der Waals surface area contributed by atoms with Gasteiger partial charge in [-0.1, -0.05) is 6.42 Å². The highest BCUT2D eigenvalue weighted by Crippen LogP contribution is 2.43. The van der Waals surface area contributed by atoms with Crippen molar-refractivity contribution in [1.82, 2.24) is 20.5 Å². The van der Waals surface area contributed by atoms with Gasteiger partial charge in [0.25, 0.3) is 5.91 Å². The van der Waals surface area contributed by atoms with Crippen molar-refractivity contribution >= 4 is 34.4 Å². The molecular weight excluding hydrogens is 545 g/mol. The van der Waals surface area contributed by atoms with Crippen LogP contribution in [0.4, 0.5) is 13.2 Å². The van der Waals surface area contributed by atoms with E-state index in [1.165, 1.54) is 18.1 Å². The van der Waals surface area contributed by atoms with Gasteiger partial charge in [0.05, 0.1) is 24.2 Å². The van der Waals surface area contributed by atoms with Gasteiger partial charge in [0.1, 0.15) is 24.1 Å². The van der Waals surface area contributed by atoms with Gasteiger partial charge in [-0.25, -0.2) is 0 Å². The van der Waals surface area contributed by atoms with Crippen molar-refractivity contribution in [2.24, 2.45) is 17.8 Å². The predicted octanol–water partition coefficient (Wildman–Crippen LogP) is 2.40. The number of benzene rings is 1. The Morgan fingerprint density at radius 2 is 1.98 bits per heavy atom. The molecule has 1 saturated carbocycles. The summed E-state index contributed by atoms with van der Waals surface area (Å²) in [5.74, 6) is -2.15. The Balaban J connectivity index is 1.39. The summed E-state index contributed by atoms with van der Waals surface area (Å²) in [7, 11) is 1.24. The Morgan fingerprint density at radius 1 is 1.20 bits per heavy atom. The molecule has 5 atom stereocenters. The van der Waals surface area contributed by atoms with Gasteiger partial charge in [-0.3, -0.25) is 19.2 Å². The minimum atomic E-state index is -4.61. The number of Topliss-reactive ketones (excluding diaryl/α,β-unsaturated/α-hetero) is 1. The lowest BCUT2D eigenvalue weighted by molar-refractivity contribution is -0.137. The zero-order valence-electron chi connectivity index (χ0n) is 22.6. The SMILES string of the molecule is COc1cc(C(F)(F)F)cc2[nH]c(C(=O)N3C[C@@H]4CCC[C@@H]4[C@H]3C(=O)N[C@@H](CC[C@@H]3CCNC3=O)C(=O)CO)cc12. The monoisotopic (exact) mass is 578 g/mol. The molecule has 1 aliphatic carbocycles. The fourth-order valence-electron chi connectivity index (χ4n) is 6.63. The number of H-pyrrole nitrogens is 1. The molecule has 4 N–H and O–H groups in total. The first-order valence-corrected chi connectivity index (χ1v) is 13.8. The number of likely N-dealkylation sites (tertiary alicyclic amines) is 1. The second-order valence-corrected chi connectivity index (χ2v) is 11.1. The Bertz CT molecular complexity index is 1360. The second-order valence-electron chi connectivity index (χ2n) is 11.1. The average Bonchev–Trinajstić information content (AvgIpc) is 3.72. The standard InChI is InChI=1S/C28H33F3N4O6/c1-41-23-10-16(28(29,30)31)9-20-18(23)11-21(33-20)27(40)35-12-15-3-2-4-17(15)24(35)26(39)34-19(22(37)13-36)6-5-14-7-8-32-25(14)38/h9-11,14-15,17,19,24,33,36H,2-8,12-13H2,1H3,(H,32,38)(H,34,39)/t14-,15+,17+,19+,24+/m1/s1.